The van der Waals surface area contributed by atoms with E-state index in [1.165, 1.54) is 57.2 Å². The van der Waals surface area contributed by atoms with Gasteiger partial charge < -0.3 is 4.74 Å². The van der Waals surface area contributed by atoms with Crippen LogP contribution < -0.4 is 11.4 Å². The number of rotatable bonds is 14. The molecule has 0 bridgehead atoms. The number of aliphatic imine (C=N–C) groups is 1. The highest BCUT2D eigenvalue weighted by Crippen LogP contribution is 2.54. The Bertz CT molecular complexity index is 3670. The van der Waals surface area contributed by atoms with Crippen LogP contribution in [0.2, 0.25) is 0 Å². The highest BCUT2D eigenvalue weighted by atomic mass is 19.4. The minimum Gasteiger partial charge on any atom is -0.378 e. The smallest absolute Gasteiger partial charge is 0.378 e. The molecule has 2 atom stereocenters. The van der Waals surface area contributed by atoms with E-state index >= 15 is 0 Å². The third kappa shape index (κ3) is 11.1. The molecule has 0 amide bonds. The van der Waals surface area contributed by atoms with Crippen LogP contribution in [0, 0.1) is 35.7 Å². The summed E-state index contributed by atoms with van der Waals surface area (Å²) in [5.41, 5.74) is 0.960. The molecule has 4 fully saturated rings. The van der Waals surface area contributed by atoms with E-state index in [1.807, 2.05) is 73.5 Å². The van der Waals surface area contributed by atoms with Crippen molar-refractivity contribution in [2.24, 2.45) is 42.7 Å². The van der Waals surface area contributed by atoms with Crippen molar-refractivity contribution >= 4 is 36.1 Å². The molecule has 3 radical (unpaired) electrons. The third-order valence-corrected chi connectivity index (χ3v) is 17.3. The second kappa shape index (κ2) is 22.9. The van der Waals surface area contributed by atoms with Crippen molar-refractivity contribution in [3.8, 4) is 11.4 Å². The lowest BCUT2D eigenvalue weighted by molar-refractivity contribution is -0.501. The Balaban J connectivity index is 0.000000167. The number of hydrogen-bond acceptors (Lipinski definition) is 9. The Kier molecular flexibility index (Phi) is 15.8. The maximum Gasteiger partial charge on any atom is 0.418 e. The van der Waals surface area contributed by atoms with E-state index in [-0.39, 0.29) is 28.4 Å². The van der Waals surface area contributed by atoms with E-state index in [1.54, 1.807) is 48.9 Å². The van der Waals surface area contributed by atoms with Crippen LogP contribution >= 0.6 is 0 Å². The Morgan fingerprint density at radius 1 is 0.683 bits per heavy atom. The monoisotopic (exact) mass is 1130 g/mol. The first-order valence-electron chi connectivity index (χ1n) is 28.3. The molecule has 16 nitrogen and oxygen atoms in total. The molecule has 8 heterocycles. The number of benzene rings is 2. The molecule has 429 valence electrons. The highest BCUT2D eigenvalue weighted by molar-refractivity contribution is 6.15. The lowest BCUT2D eigenvalue weighted by Crippen LogP contribution is -2.34. The molecule has 0 unspecified atom stereocenters. The van der Waals surface area contributed by atoms with E-state index < -0.39 is 34.9 Å². The quantitative estimate of drug-likeness (QED) is 0.0792. The van der Waals surface area contributed by atoms with Crippen molar-refractivity contribution in [3.63, 3.8) is 0 Å². The van der Waals surface area contributed by atoms with Gasteiger partial charge in [-0.2, -0.15) is 30.9 Å². The molecule has 3 saturated carbocycles. The van der Waals surface area contributed by atoms with Gasteiger partial charge in [0.1, 0.15) is 6.61 Å². The van der Waals surface area contributed by atoms with Gasteiger partial charge in [0.15, 0.2) is 12.8 Å². The molecular weight excluding hydrogens is 1060 g/mol. The summed E-state index contributed by atoms with van der Waals surface area (Å²) in [6.07, 6.45) is 16.1. The number of hydrogen-bond donors (Lipinski definition) is 0. The third-order valence-electron chi connectivity index (χ3n) is 17.3. The molecule has 82 heavy (non-hydrogen) atoms. The average molecular weight is 1130 g/mol. The molecule has 22 heteroatoms. The number of piperidine rings is 1. The van der Waals surface area contributed by atoms with Crippen molar-refractivity contribution in [1.29, 1.82) is 0 Å². The van der Waals surface area contributed by atoms with Crippen LogP contribution in [0.25, 0.3) is 22.4 Å². The maximum atomic E-state index is 14.3. The number of pyridine rings is 2. The SMILES string of the molecule is CC.COCC[N+]1=CC=N[C]1c1cc(C(F)(F)F)c2cn(-c3cccc([C@H]([C]4N=NC=[N+]4C)C4CCC4)c3)c(=O)n2c1.C[N+]1=CN=N[C]1[C@@H](c1cccc(-n2cc3c(C(F)(F)F)cc(CN4CCC5(CC4)CC5)cn3c2=O)c1)C1CCC1. The summed E-state index contributed by atoms with van der Waals surface area (Å²) in [7, 11) is 5.36. The number of fused-ring (bicyclic) bond motifs is 2. The highest BCUT2D eigenvalue weighted by Gasteiger charge is 2.46. The van der Waals surface area contributed by atoms with Gasteiger partial charge in [-0.25, -0.2) is 23.7 Å². The number of likely N-dealkylation sites (N-methyl/N-ethyl adjacent to an activating group) is 2. The van der Waals surface area contributed by atoms with Gasteiger partial charge in [-0.15, -0.1) is 0 Å². The van der Waals surface area contributed by atoms with Crippen LogP contribution in [-0.2, 0) is 23.6 Å². The zero-order valence-corrected chi connectivity index (χ0v) is 46.6. The van der Waals surface area contributed by atoms with Crippen LogP contribution in [0.5, 0.6) is 0 Å². The first kappa shape index (κ1) is 56.7. The van der Waals surface area contributed by atoms with Gasteiger partial charge in [0, 0.05) is 38.4 Å². The molecule has 4 aliphatic heterocycles. The normalized spacial score (nSPS) is 20.1. The summed E-state index contributed by atoms with van der Waals surface area (Å²) in [4.78, 5) is 33.7. The lowest BCUT2D eigenvalue weighted by atomic mass is 9.71. The zero-order chi connectivity index (χ0) is 57.7. The van der Waals surface area contributed by atoms with Crippen LogP contribution in [0.3, 0.4) is 0 Å². The van der Waals surface area contributed by atoms with Crippen LogP contribution in [0.4, 0.5) is 26.3 Å². The number of ether oxygens (including phenoxy) is 1. The summed E-state index contributed by atoms with van der Waals surface area (Å²) < 4.78 is 101. The van der Waals surface area contributed by atoms with E-state index in [0.717, 1.165) is 98.4 Å². The van der Waals surface area contributed by atoms with Crippen LogP contribution in [0.15, 0.2) is 120 Å². The van der Waals surface area contributed by atoms with E-state index in [4.69, 9.17) is 4.74 Å². The van der Waals surface area contributed by atoms with Gasteiger partial charge in [-0.05, 0) is 145 Å². The van der Waals surface area contributed by atoms with Crippen molar-refractivity contribution in [3.05, 3.63) is 158 Å². The molecular formula is C60H67F6N13O3+3. The number of aromatic nitrogens is 4. The maximum absolute atomic E-state index is 14.3. The molecule has 6 aromatic rings. The predicted octanol–water partition coefficient (Wildman–Crippen LogP) is 11.3. The summed E-state index contributed by atoms with van der Waals surface area (Å²) in [5, 5.41) is 16.8. The number of azo groups is 2. The molecule has 1 saturated heterocycles. The number of likely N-dealkylation sites (tertiary alicyclic amines) is 1. The largest absolute Gasteiger partial charge is 0.418 e. The molecule has 2 aromatic carbocycles. The van der Waals surface area contributed by atoms with Crippen molar-refractivity contribution in [1.82, 2.24) is 22.8 Å². The van der Waals surface area contributed by atoms with Gasteiger partial charge >= 0.3 is 54.9 Å². The van der Waals surface area contributed by atoms with Gasteiger partial charge in [0.25, 0.3) is 0 Å². The summed E-state index contributed by atoms with van der Waals surface area (Å²) in [6, 6.07) is 17.2. The number of methoxy groups -OCH3 is 1. The topological polar surface area (TPSA) is 136 Å². The summed E-state index contributed by atoms with van der Waals surface area (Å²) in [6.45, 7) is 6.94. The number of halogens is 6. The molecule has 7 aliphatic rings. The Morgan fingerprint density at radius 2 is 1.20 bits per heavy atom. The fourth-order valence-electron chi connectivity index (χ4n) is 12.2. The molecule has 1 spiro atoms. The minimum absolute atomic E-state index is 0.00518. The van der Waals surface area contributed by atoms with Crippen molar-refractivity contribution < 1.29 is 44.8 Å². The average Bonchev–Trinajstić information content (AvgIpc) is 4.11. The molecule has 4 aromatic heterocycles. The Morgan fingerprint density at radius 3 is 1.65 bits per heavy atom. The van der Waals surface area contributed by atoms with E-state index in [9.17, 15) is 35.9 Å². The van der Waals surface area contributed by atoms with E-state index in [2.05, 4.69) is 30.3 Å². The minimum atomic E-state index is -4.69. The summed E-state index contributed by atoms with van der Waals surface area (Å²) in [5.74, 6) is 0.763. The Hall–Kier alpha value is -7.20. The number of alkyl halides is 6. The number of nitrogens with zero attached hydrogens (tertiary/aromatic N) is 13. The predicted molar refractivity (Wildman–Crippen MR) is 298 cm³/mol. The molecule has 3 aliphatic carbocycles. The van der Waals surface area contributed by atoms with Crippen LogP contribution in [0.1, 0.15) is 123 Å². The second-order valence-electron chi connectivity index (χ2n) is 22.3. The number of imidazole rings is 2. The fourth-order valence-corrected chi connectivity index (χ4v) is 12.2. The van der Waals surface area contributed by atoms with Gasteiger partial charge in [0.05, 0.1) is 81.5 Å². The Labute approximate surface area is 470 Å². The van der Waals surface area contributed by atoms with Crippen LogP contribution in [-0.4, -0.2) is 109 Å². The summed E-state index contributed by atoms with van der Waals surface area (Å²) >= 11 is 0. The standard InChI is InChI=1S/C30H33F3N6O.C28H28F3N7O2.C2H6/c1-36-19-34-35-27(36)26(21-4-2-5-21)22-6-3-7-23(15-22)38-18-25-24(30(31,32)33)14-20(17-39(25)28(38)40)16-37-12-10-29(8-9-29)11-13-37;1-35-17-33-34-26(35)24(18-5-3-6-18)19-7-4-8-21(13-19)37-16-23-22(28(29,30)31)14-20(15-38(23)27(37)39)25-32-9-10-36(25)11-12-40-2;1-2/h3,6-7,14-15,17-19,21,26H,2,4-5,8-13,16H2,1H3;4,7-10,13-18,24H,3,5-6,11-12H2,1-2H3;1-2H3/q+1;+2;/t26-;24-;/m11./s1. The zero-order valence-electron chi connectivity index (χ0n) is 46.6. The van der Waals surface area contributed by atoms with Gasteiger partial charge in [-0.3, -0.25) is 22.8 Å². The van der Waals surface area contributed by atoms with Crippen molar-refractivity contribution in [2.45, 2.75) is 109 Å². The first-order chi connectivity index (χ1) is 39.5. The fraction of sp³-hybridized carbons (Fsp3) is 0.450. The first-order valence-corrected chi connectivity index (χ1v) is 28.3. The van der Waals surface area contributed by atoms with Crippen molar-refractivity contribution in [2.75, 3.05) is 47.4 Å². The second-order valence-corrected chi connectivity index (χ2v) is 22.3. The van der Waals surface area contributed by atoms with Gasteiger partial charge in [0.2, 0.25) is 0 Å². The lowest BCUT2D eigenvalue weighted by Gasteiger charge is -2.34. The van der Waals surface area contributed by atoms with Gasteiger partial charge in [-0.1, -0.05) is 51.0 Å². The molecule has 13 rings (SSSR count). The molecule has 0 N–H and O–H groups in total. The van der Waals surface area contributed by atoms with E-state index in [0.29, 0.717) is 60.1 Å².